The number of halogens is 4. The molecule has 0 spiro atoms. The molecule has 0 unspecified atom stereocenters. The first kappa shape index (κ1) is 14.3. The third kappa shape index (κ3) is 2.51. The van der Waals surface area contributed by atoms with Gasteiger partial charge in [-0.25, -0.2) is 4.98 Å². The summed E-state index contributed by atoms with van der Waals surface area (Å²) in [5.74, 6) is 0.241. The van der Waals surface area contributed by atoms with E-state index in [1.807, 2.05) is 0 Å². The molecule has 0 aliphatic carbocycles. The van der Waals surface area contributed by atoms with Crippen molar-refractivity contribution < 1.29 is 13.2 Å². The van der Waals surface area contributed by atoms with Crippen LogP contribution in [0.25, 0.3) is 10.9 Å². The molecule has 1 saturated heterocycles. The van der Waals surface area contributed by atoms with Crippen molar-refractivity contribution >= 4 is 22.5 Å². The normalized spacial score (nSPS) is 16.2. The maximum Gasteiger partial charge on any atom is 0.418 e. The molecule has 0 saturated carbocycles. The van der Waals surface area contributed by atoms with Crippen LogP contribution in [0.2, 0.25) is 5.28 Å². The molecule has 112 valence electrons. The average Bonchev–Trinajstić information content (AvgIpc) is 2.34. The number of rotatable bonds is 2. The quantitative estimate of drug-likeness (QED) is 0.865. The number of aromatic nitrogens is 2. The lowest BCUT2D eigenvalue weighted by Gasteiger charge is -2.27. The maximum atomic E-state index is 13.0. The van der Waals surface area contributed by atoms with Crippen molar-refractivity contribution in [3.8, 4) is 0 Å². The summed E-state index contributed by atoms with van der Waals surface area (Å²) < 4.78 is 40.1. The molecular formula is C13H11ClF3N3O. The fourth-order valence-corrected chi connectivity index (χ4v) is 2.57. The molecule has 21 heavy (non-hydrogen) atoms. The van der Waals surface area contributed by atoms with Crippen molar-refractivity contribution in [3.05, 3.63) is 39.4 Å². The average molecular weight is 318 g/mol. The number of hydrogen-bond donors (Lipinski definition) is 1. The molecule has 1 aromatic heterocycles. The summed E-state index contributed by atoms with van der Waals surface area (Å²) in [4.78, 5) is 16.2. The van der Waals surface area contributed by atoms with Crippen LogP contribution in [0.15, 0.2) is 23.0 Å². The second kappa shape index (κ2) is 4.99. The number of nitrogens with one attached hydrogen (secondary N) is 1. The summed E-state index contributed by atoms with van der Waals surface area (Å²) in [5, 5.41) is 2.78. The van der Waals surface area contributed by atoms with E-state index in [1.165, 1.54) is 16.7 Å². The van der Waals surface area contributed by atoms with Gasteiger partial charge in [0, 0.05) is 25.6 Å². The standard InChI is InChI=1S/C13H11ClF3N3O/c14-12-19-10-8(2-1-3-9(10)13(15,16)17)11(21)20(12)6-7-4-18-5-7/h1-3,7,18H,4-6H2. The lowest BCUT2D eigenvalue weighted by atomic mass is 10.0. The maximum absolute atomic E-state index is 13.0. The second-order valence-electron chi connectivity index (χ2n) is 5.02. The van der Waals surface area contributed by atoms with E-state index in [1.54, 1.807) is 0 Å². The number of hydrogen-bond acceptors (Lipinski definition) is 3. The molecule has 1 aromatic carbocycles. The highest BCUT2D eigenvalue weighted by Crippen LogP contribution is 2.33. The van der Waals surface area contributed by atoms with Crippen LogP contribution in [0.3, 0.4) is 0 Å². The number of nitrogens with zero attached hydrogens (tertiary/aromatic N) is 2. The Kier molecular flexibility index (Phi) is 3.41. The van der Waals surface area contributed by atoms with E-state index < -0.39 is 22.8 Å². The van der Waals surface area contributed by atoms with Gasteiger partial charge in [-0.05, 0) is 23.7 Å². The number of alkyl halides is 3. The van der Waals surface area contributed by atoms with Crippen LogP contribution in [-0.2, 0) is 12.7 Å². The minimum absolute atomic E-state index is 0.0680. The molecule has 0 radical (unpaired) electrons. The molecule has 0 amide bonds. The number of benzene rings is 1. The van der Waals surface area contributed by atoms with E-state index >= 15 is 0 Å². The van der Waals surface area contributed by atoms with Gasteiger partial charge in [0.1, 0.15) is 0 Å². The summed E-state index contributed by atoms with van der Waals surface area (Å²) >= 11 is 5.92. The Balaban J connectivity index is 2.19. The highest BCUT2D eigenvalue weighted by molar-refractivity contribution is 6.28. The van der Waals surface area contributed by atoms with Crippen molar-refractivity contribution in [2.45, 2.75) is 12.7 Å². The largest absolute Gasteiger partial charge is 0.418 e. The zero-order chi connectivity index (χ0) is 15.2. The van der Waals surface area contributed by atoms with Gasteiger partial charge in [-0.1, -0.05) is 6.07 Å². The first-order chi connectivity index (χ1) is 9.88. The third-order valence-electron chi connectivity index (χ3n) is 3.55. The Hall–Kier alpha value is -1.60. The summed E-state index contributed by atoms with van der Waals surface area (Å²) in [7, 11) is 0. The lowest BCUT2D eigenvalue weighted by molar-refractivity contribution is -0.136. The van der Waals surface area contributed by atoms with E-state index in [4.69, 9.17) is 11.6 Å². The first-order valence-electron chi connectivity index (χ1n) is 6.35. The Bertz CT molecular complexity index is 753. The smallest absolute Gasteiger partial charge is 0.316 e. The van der Waals surface area contributed by atoms with Crippen LogP contribution in [0.5, 0.6) is 0 Å². The predicted octanol–water partition coefficient (Wildman–Crippen LogP) is 2.29. The van der Waals surface area contributed by atoms with Crippen LogP contribution in [0, 0.1) is 5.92 Å². The molecule has 2 heterocycles. The topological polar surface area (TPSA) is 46.9 Å². The Morgan fingerprint density at radius 2 is 2.10 bits per heavy atom. The van der Waals surface area contributed by atoms with Crippen LogP contribution >= 0.6 is 11.6 Å². The minimum Gasteiger partial charge on any atom is -0.316 e. The SMILES string of the molecule is O=c1c2cccc(C(F)(F)F)c2nc(Cl)n1CC1CNC1. The minimum atomic E-state index is -4.58. The van der Waals surface area contributed by atoms with Crippen LogP contribution in [-0.4, -0.2) is 22.6 Å². The molecule has 4 nitrogen and oxygen atoms in total. The molecule has 0 atom stereocenters. The fourth-order valence-electron chi connectivity index (χ4n) is 2.34. The van der Waals surface area contributed by atoms with Crippen molar-refractivity contribution in [3.63, 3.8) is 0 Å². The zero-order valence-corrected chi connectivity index (χ0v) is 11.5. The third-order valence-corrected chi connectivity index (χ3v) is 3.84. The summed E-state index contributed by atoms with van der Waals surface area (Å²) in [6.07, 6.45) is -4.58. The van der Waals surface area contributed by atoms with Gasteiger partial charge in [-0.15, -0.1) is 0 Å². The molecular weight excluding hydrogens is 307 g/mol. The Morgan fingerprint density at radius 3 is 2.67 bits per heavy atom. The Morgan fingerprint density at radius 1 is 1.38 bits per heavy atom. The van der Waals surface area contributed by atoms with Gasteiger partial charge in [0.15, 0.2) is 0 Å². The van der Waals surface area contributed by atoms with Gasteiger partial charge < -0.3 is 5.32 Å². The summed E-state index contributed by atoms with van der Waals surface area (Å²) in [6, 6.07) is 3.44. The predicted molar refractivity (Wildman–Crippen MR) is 72.4 cm³/mol. The molecule has 2 aromatic rings. The van der Waals surface area contributed by atoms with Gasteiger partial charge in [-0.2, -0.15) is 13.2 Å². The highest BCUT2D eigenvalue weighted by Gasteiger charge is 2.34. The van der Waals surface area contributed by atoms with Gasteiger partial charge >= 0.3 is 6.18 Å². The first-order valence-corrected chi connectivity index (χ1v) is 6.72. The molecule has 1 aliphatic rings. The highest BCUT2D eigenvalue weighted by atomic mass is 35.5. The Labute approximate surface area is 122 Å². The van der Waals surface area contributed by atoms with Crippen molar-refractivity contribution in [1.82, 2.24) is 14.9 Å². The van der Waals surface area contributed by atoms with E-state index in [0.717, 1.165) is 19.2 Å². The number of para-hydroxylation sites is 1. The lowest BCUT2D eigenvalue weighted by Crippen LogP contribution is -2.45. The van der Waals surface area contributed by atoms with Crippen LogP contribution in [0.1, 0.15) is 5.56 Å². The molecule has 1 N–H and O–H groups in total. The zero-order valence-electron chi connectivity index (χ0n) is 10.7. The van der Waals surface area contributed by atoms with E-state index in [0.29, 0.717) is 6.54 Å². The molecule has 0 bridgehead atoms. The molecule has 1 fully saturated rings. The van der Waals surface area contributed by atoms with Gasteiger partial charge in [-0.3, -0.25) is 9.36 Å². The van der Waals surface area contributed by atoms with Gasteiger partial charge in [0.2, 0.25) is 5.28 Å². The monoisotopic (exact) mass is 317 g/mol. The van der Waals surface area contributed by atoms with Crippen molar-refractivity contribution in [2.75, 3.05) is 13.1 Å². The van der Waals surface area contributed by atoms with Gasteiger partial charge in [0.05, 0.1) is 16.5 Å². The summed E-state index contributed by atoms with van der Waals surface area (Å²) in [6.45, 7) is 1.86. The van der Waals surface area contributed by atoms with Crippen LogP contribution in [0.4, 0.5) is 13.2 Å². The number of fused-ring (bicyclic) bond motifs is 1. The van der Waals surface area contributed by atoms with E-state index in [2.05, 4.69) is 10.3 Å². The van der Waals surface area contributed by atoms with Crippen molar-refractivity contribution in [1.29, 1.82) is 0 Å². The second-order valence-corrected chi connectivity index (χ2v) is 5.36. The van der Waals surface area contributed by atoms with E-state index in [-0.39, 0.29) is 16.6 Å². The fraction of sp³-hybridized carbons (Fsp3) is 0.385. The van der Waals surface area contributed by atoms with Crippen molar-refractivity contribution in [2.24, 2.45) is 5.92 Å². The van der Waals surface area contributed by atoms with E-state index in [9.17, 15) is 18.0 Å². The summed E-state index contributed by atoms with van der Waals surface area (Å²) in [5.41, 5.74) is -1.89. The van der Waals surface area contributed by atoms with Crippen LogP contribution < -0.4 is 10.9 Å². The molecule has 3 rings (SSSR count). The van der Waals surface area contributed by atoms with Gasteiger partial charge in [0.25, 0.3) is 5.56 Å². The molecule has 8 heteroatoms. The molecule has 1 aliphatic heterocycles.